The monoisotopic (exact) mass is 410 g/mol. The van der Waals surface area contributed by atoms with Gasteiger partial charge in [-0.1, -0.05) is 29.3 Å². The summed E-state index contributed by atoms with van der Waals surface area (Å²) in [7, 11) is 3.09. The van der Waals surface area contributed by atoms with Gasteiger partial charge in [-0.05, 0) is 35.9 Å². The summed E-state index contributed by atoms with van der Waals surface area (Å²) in [5.74, 6) is 0.645. The van der Waals surface area contributed by atoms with Crippen molar-refractivity contribution in [2.24, 2.45) is 0 Å². The summed E-state index contributed by atoms with van der Waals surface area (Å²) >= 11 is 11.9. The van der Waals surface area contributed by atoms with E-state index in [2.05, 4.69) is 10.6 Å². The molecular formula is C19H20Cl2N2O4. The first-order valence-corrected chi connectivity index (χ1v) is 8.91. The van der Waals surface area contributed by atoms with E-state index in [0.29, 0.717) is 27.1 Å². The van der Waals surface area contributed by atoms with Crippen molar-refractivity contribution in [2.45, 2.75) is 6.42 Å². The Bertz CT molecular complexity index is 827. The van der Waals surface area contributed by atoms with Crippen LogP contribution in [0.2, 0.25) is 10.0 Å². The molecule has 0 unspecified atom stereocenters. The lowest BCUT2D eigenvalue weighted by Crippen LogP contribution is -2.35. The Morgan fingerprint density at radius 3 is 2.33 bits per heavy atom. The normalized spacial score (nSPS) is 10.2. The molecule has 0 aliphatic rings. The molecule has 2 N–H and O–H groups in total. The number of rotatable bonds is 8. The van der Waals surface area contributed by atoms with Crippen LogP contribution in [0, 0.1) is 0 Å². The molecule has 0 aliphatic heterocycles. The number of methoxy groups -OCH3 is 2. The zero-order valence-electron chi connectivity index (χ0n) is 15.0. The second-order valence-corrected chi connectivity index (χ2v) is 6.44. The molecule has 0 saturated heterocycles. The Morgan fingerprint density at radius 2 is 1.63 bits per heavy atom. The van der Waals surface area contributed by atoms with Crippen molar-refractivity contribution < 1.29 is 19.1 Å². The first kappa shape index (κ1) is 20.9. The van der Waals surface area contributed by atoms with Crippen LogP contribution in [0.5, 0.6) is 11.5 Å². The van der Waals surface area contributed by atoms with Crippen molar-refractivity contribution >= 4 is 35.0 Å². The van der Waals surface area contributed by atoms with Gasteiger partial charge >= 0.3 is 0 Å². The summed E-state index contributed by atoms with van der Waals surface area (Å²) in [5, 5.41) is 6.17. The third kappa shape index (κ3) is 6.05. The standard InChI is InChI=1S/C19H20Cl2N2O4/c1-26-16-6-3-12(9-17(16)27-2)10-18(24)22-7-8-23-19(25)14-11-13(20)4-5-15(14)21/h3-6,9,11H,7-8,10H2,1-2H3,(H,22,24)(H,23,25). The van der Waals surface area contributed by atoms with Gasteiger partial charge in [0.2, 0.25) is 5.91 Å². The van der Waals surface area contributed by atoms with Crippen LogP contribution in [-0.4, -0.2) is 39.1 Å². The van der Waals surface area contributed by atoms with E-state index in [1.54, 1.807) is 37.4 Å². The summed E-state index contributed by atoms with van der Waals surface area (Å²) in [6.07, 6.45) is 0.189. The van der Waals surface area contributed by atoms with E-state index in [1.165, 1.54) is 13.2 Å². The number of carbonyl (C=O) groups is 2. The molecule has 8 heteroatoms. The Morgan fingerprint density at radius 1 is 0.926 bits per heavy atom. The number of hydrogen-bond donors (Lipinski definition) is 2. The SMILES string of the molecule is COc1ccc(CC(=O)NCCNC(=O)c2cc(Cl)ccc2Cl)cc1OC. The molecule has 27 heavy (non-hydrogen) atoms. The highest BCUT2D eigenvalue weighted by Crippen LogP contribution is 2.27. The maximum atomic E-state index is 12.1. The molecule has 2 amide bonds. The minimum Gasteiger partial charge on any atom is -0.493 e. The average molecular weight is 411 g/mol. The molecule has 144 valence electrons. The van der Waals surface area contributed by atoms with Gasteiger partial charge in [0, 0.05) is 18.1 Å². The molecular weight excluding hydrogens is 391 g/mol. The molecule has 0 atom stereocenters. The number of amides is 2. The Balaban J connectivity index is 1.79. The van der Waals surface area contributed by atoms with Crippen molar-refractivity contribution in [3.8, 4) is 11.5 Å². The lowest BCUT2D eigenvalue weighted by Gasteiger charge is -2.10. The maximum Gasteiger partial charge on any atom is 0.252 e. The summed E-state index contributed by atoms with van der Waals surface area (Å²) in [4.78, 5) is 24.1. The molecule has 2 aromatic rings. The van der Waals surface area contributed by atoms with Gasteiger partial charge in [0.15, 0.2) is 11.5 Å². The third-order valence-electron chi connectivity index (χ3n) is 3.72. The minimum absolute atomic E-state index is 0.169. The van der Waals surface area contributed by atoms with Gasteiger partial charge in [-0.25, -0.2) is 0 Å². The Kier molecular flexibility index (Phi) is 7.76. The lowest BCUT2D eigenvalue weighted by atomic mass is 10.1. The first-order valence-electron chi connectivity index (χ1n) is 8.15. The summed E-state index contributed by atoms with van der Waals surface area (Å²) in [6.45, 7) is 0.551. The minimum atomic E-state index is -0.350. The van der Waals surface area contributed by atoms with Crippen LogP contribution in [0.25, 0.3) is 0 Å². The number of nitrogens with one attached hydrogen (secondary N) is 2. The molecule has 0 saturated carbocycles. The molecule has 0 fully saturated rings. The number of halogens is 2. The van der Waals surface area contributed by atoms with Crippen LogP contribution < -0.4 is 20.1 Å². The fraction of sp³-hybridized carbons (Fsp3) is 0.263. The first-order chi connectivity index (χ1) is 12.9. The van der Waals surface area contributed by atoms with Crippen LogP contribution in [0.15, 0.2) is 36.4 Å². The number of hydrogen-bond acceptors (Lipinski definition) is 4. The zero-order valence-corrected chi connectivity index (χ0v) is 16.5. The van der Waals surface area contributed by atoms with Crippen LogP contribution in [0.4, 0.5) is 0 Å². The van der Waals surface area contributed by atoms with Crippen molar-refractivity contribution in [3.05, 3.63) is 57.6 Å². The van der Waals surface area contributed by atoms with Gasteiger partial charge in [0.25, 0.3) is 5.91 Å². The van der Waals surface area contributed by atoms with Crippen molar-refractivity contribution in [3.63, 3.8) is 0 Å². The number of ether oxygens (including phenoxy) is 2. The highest BCUT2D eigenvalue weighted by atomic mass is 35.5. The van der Waals surface area contributed by atoms with Crippen LogP contribution in [0.3, 0.4) is 0 Å². The highest BCUT2D eigenvalue weighted by Gasteiger charge is 2.11. The average Bonchev–Trinajstić information content (AvgIpc) is 2.66. The fourth-order valence-corrected chi connectivity index (χ4v) is 2.76. The predicted molar refractivity (Wildman–Crippen MR) is 105 cm³/mol. The number of benzene rings is 2. The second-order valence-electron chi connectivity index (χ2n) is 5.60. The summed E-state index contributed by atoms with van der Waals surface area (Å²) < 4.78 is 10.4. The van der Waals surface area contributed by atoms with Gasteiger partial charge < -0.3 is 20.1 Å². The van der Waals surface area contributed by atoms with Crippen LogP contribution in [-0.2, 0) is 11.2 Å². The quantitative estimate of drug-likeness (QED) is 0.655. The second kappa shape index (κ2) is 10.0. The van der Waals surface area contributed by atoms with Gasteiger partial charge in [0.05, 0.1) is 31.2 Å². The van der Waals surface area contributed by atoms with Gasteiger partial charge in [-0.15, -0.1) is 0 Å². The van der Waals surface area contributed by atoms with Crippen LogP contribution in [0.1, 0.15) is 15.9 Å². The maximum absolute atomic E-state index is 12.1. The summed E-state index contributed by atoms with van der Waals surface area (Å²) in [6, 6.07) is 9.95. The zero-order chi connectivity index (χ0) is 19.8. The molecule has 0 heterocycles. The van der Waals surface area contributed by atoms with Gasteiger partial charge in [-0.2, -0.15) is 0 Å². The van der Waals surface area contributed by atoms with Crippen molar-refractivity contribution in [2.75, 3.05) is 27.3 Å². The van der Waals surface area contributed by atoms with E-state index in [1.807, 2.05) is 0 Å². The number of carbonyl (C=O) groups excluding carboxylic acids is 2. The largest absolute Gasteiger partial charge is 0.493 e. The van der Waals surface area contributed by atoms with Crippen molar-refractivity contribution in [1.29, 1.82) is 0 Å². The molecule has 6 nitrogen and oxygen atoms in total. The molecule has 0 aliphatic carbocycles. The van der Waals surface area contributed by atoms with Crippen molar-refractivity contribution in [1.82, 2.24) is 10.6 Å². The highest BCUT2D eigenvalue weighted by molar-refractivity contribution is 6.35. The lowest BCUT2D eigenvalue weighted by molar-refractivity contribution is -0.120. The summed E-state index contributed by atoms with van der Waals surface area (Å²) in [5.41, 5.74) is 1.08. The topological polar surface area (TPSA) is 76.7 Å². The van der Waals surface area contributed by atoms with E-state index in [-0.39, 0.29) is 31.3 Å². The van der Waals surface area contributed by atoms with Gasteiger partial charge in [0.1, 0.15) is 0 Å². The van der Waals surface area contributed by atoms with Gasteiger partial charge in [-0.3, -0.25) is 9.59 Å². The Hall–Kier alpha value is -2.44. The molecule has 2 rings (SSSR count). The molecule has 0 aromatic heterocycles. The molecule has 0 spiro atoms. The predicted octanol–water partition coefficient (Wildman–Crippen LogP) is 3.10. The Labute approximate surface area is 167 Å². The molecule has 0 radical (unpaired) electrons. The fourth-order valence-electron chi connectivity index (χ4n) is 2.38. The van der Waals surface area contributed by atoms with E-state index < -0.39 is 0 Å². The molecule has 2 aromatic carbocycles. The molecule has 0 bridgehead atoms. The third-order valence-corrected chi connectivity index (χ3v) is 4.28. The van der Waals surface area contributed by atoms with Crippen LogP contribution >= 0.6 is 23.2 Å². The van der Waals surface area contributed by atoms with E-state index in [4.69, 9.17) is 32.7 Å². The smallest absolute Gasteiger partial charge is 0.252 e. The van der Waals surface area contributed by atoms with E-state index in [9.17, 15) is 9.59 Å². The van der Waals surface area contributed by atoms with E-state index in [0.717, 1.165) is 5.56 Å². The van der Waals surface area contributed by atoms with E-state index >= 15 is 0 Å².